The van der Waals surface area contributed by atoms with E-state index in [1.807, 2.05) is 0 Å². The Bertz CT molecular complexity index is 99.6. The summed E-state index contributed by atoms with van der Waals surface area (Å²) in [5, 5.41) is 4.90. The van der Waals surface area contributed by atoms with Crippen molar-refractivity contribution in [2.75, 3.05) is 0 Å². The predicted octanol–water partition coefficient (Wildman–Crippen LogP) is 1.75. The highest BCUT2D eigenvalue weighted by Gasteiger charge is 2.34. The van der Waals surface area contributed by atoms with Crippen molar-refractivity contribution in [2.24, 2.45) is 0 Å². The fourth-order valence-corrected chi connectivity index (χ4v) is 0.381. The minimum Gasteiger partial charge on any atom is -0.385 e. The molecule has 1 unspecified atom stereocenters. The molecule has 0 rings (SSSR count). The third-order valence-electron chi connectivity index (χ3n) is 0.768. The smallest absolute Gasteiger partial charge is 0.347 e. The lowest BCUT2D eigenvalue weighted by Gasteiger charge is -2.12. The maximum absolute atomic E-state index is 11.8. The van der Waals surface area contributed by atoms with Crippen LogP contribution in [0.4, 0.5) is 8.78 Å². The molecular formula is C5H7ClF2O. The number of halogens is 3. The molecule has 0 radical (unpaired) electrons. The molecule has 0 bridgehead atoms. The standard InChI is InChI=1S/C5H7ClF2O/c1-2-3-4(9)5(6,7)8/h2,4,9H,1,3H2. The Balaban J connectivity index is 3.72. The Hall–Kier alpha value is -0.150. The van der Waals surface area contributed by atoms with Gasteiger partial charge < -0.3 is 5.11 Å². The fraction of sp³-hybridized carbons (Fsp3) is 0.600. The second-order valence-electron chi connectivity index (χ2n) is 1.58. The molecule has 0 spiro atoms. The average molecular weight is 157 g/mol. The molecule has 0 heterocycles. The number of aliphatic hydroxyl groups is 1. The molecule has 0 aromatic rings. The second kappa shape index (κ2) is 3.13. The molecule has 0 saturated carbocycles. The van der Waals surface area contributed by atoms with Crippen LogP contribution in [-0.4, -0.2) is 16.6 Å². The van der Waals surface area contributed by atoms with Gasteiger partial charge >= 0.3 is 5.38 Å². The highest BCUT2D eigenvalue weighted by molar-refractivity contribution is 6.22. The van der Waals surface area contributed by atoms with E-state index < -0.39 is 11.5 Å². The van der Waals surface area contributed by atoms with Gasteiger partial charge in [0.05, 0.1) is 0 Å². The monoisotopic (exact) mass is 156 g/mol. The van der Waals surface area contributed by atoms with E-state index in [1.165, 1.54) is 6.08 Å². The summed E-state index contributed by atoms with van der Waals surface area (Å²) in [6.45, 7) is 3.16. The van der Waals surface area contributed by atoms with Gasteiger partial charge in [0.1, 0.15) is 6.10 Å². The van der Waals surface area contributed by atoms with Crippen molar-refractivity contribution in [2.45, 2.75) is 17.9 Å². The first-order valence-electron chi connectivity index (χ1n) is 2.34. The summed E-state index contributed by atoms with van der Waals surface area (Å²) >= 11 is 4.43. The molecule has 54 valence electrons. The van der Waals surface area contributed by atoms with Gasteiger partial charge in [0.15, 0.2) is 0 Å². The van der Waals surface area contributed by atoms with Crippen LogP contribution in [0, 0.1) is 0 Å². The van der Waals surface area contributed by atoms with Gasteiger partial charge in [-0.1, -0.05) is 6.08 Å². The molecule has 1 atom stereocenters. The molecule has 0 amide bonds. The molecule has 1 nitrogen and oxygen atoms in total. The SMILES string of the molecule is C=CCC(O)C(F)(F)Cl. The number of hydrogen-bond donors (Lipinski definition) is 1. The molecule has 0 saturated heterocycles. The zero-order chi connectivity index (χ0) is 7.49. The highest BCUT2D eigenvalue weighted by Crippen LogP contribution is 2.25. The Morgan fingerprint density at radius 1 is 1.78 bits per heavy atom. The van der Waals surface area contributed by atoms with E-state index in [4.69, 9.17) is 5.11 Å². The Kier molecular flexibility index (Phi) is 3.08. The lowest BCUT2D eigenvalue weighted by atomic mass is 10.2. The van der Waals surface area contributed by atoms with Crippen LogP contribution in [0.1, 0.15) is 6.42 Å². The van der Waals surface area contributed by atoms with Crippen LogP contribution < -0.4 is 0 Å². The summed E-state index contributed by atoms with van der Waals surface area (Å²) in [6, 6.07) is 0. The molecule has 0 aromatic heterocycles. The van der Waals surface area contributed by atoms with Gasteiger partial charge in [0.25, 0.3) is 0 Å². The highest BCUT2D eigenvalue weighted by atomic mass is 35.5. The van der Waals surface area contributed by atoms with Gasteiger partial charge in [-0.3, -0.25) is 0 Å². The second-order valence-corrected chi connectivity index (χ2v) is 2.09. The van der Waals surface area contributed by atoms with Crippen LogP contribution in [-0.2, 0) is 0 Å². The maximum Gasteiger partial charge on any atom is 0.347 e. The first-order valence-corrected chi connectivity index (χ1v) is 2.72. The van der Waals surface area contributed by atoms with Crippen LogP contribution in [0.5, 0.6) is 0 Å². The van der Waals surface area contributed by atoms with Gasteiger partial charge in [0.2, 0.25) is 0 Å². The van der Waals surface area contributed by atoms with Gasteiger partial charge in [-0.25, -0.2) is 0 Å². The summed E-state index contributed by atoms with van der Waals surface area (Å²) in [4.78, 5) is 0. The van der Waals surface area contributed by atoms with Crippen LogP contribution in [0.25, 0.3) is 0 Å². The Morgan fingerprint density at radius 2 is 2.22 bits per heavy atom. The van der Waals surface area contributed by atoms with Crippen molar-refractivity contribution in [3.05, 3.63) is 12.7 Å². The van der Waals surface area contributed by atoms with Gasteiger partial charge in [-0.2, -0.15) is 8.78 Å². The minimum atomic E-state index is -3.53. The molecule has 0 aliphatic rings. The molecule has 0 aromatic carbocycles. The summed E-state index contributed by atoms with van der Waals surface area (Å²) < 4.78 is 23.5. The average Bonchev–Trinajstić information content (AvgIpc) is 1.64. The summed E-state index contributed by atoms with van der Waals surface area (Å²) in [6.07, 6.45) is -0.839. The van der Waals surface area contributed by atoms with E-state index in [0.29, 0.717) is 0 Å². The summed E-state index contributed by atoms with van der Waals surface area (Å²) in [5.41, 5.74) is 0. The van der Waals surface area contributed by atoms with Gasteiger partial charge in [-0.05, 0) is 18.0 Å². The number of alkyl halides is 3. The van der Waals surface area contributed by atoms with E-state index in [2.05, 4.69) is 18.2 Å². The first kappa shape index (κ1) is 8.85. The lowest BCUT2D eigenvalue weighted by Crippen LogP contribution is -2.26. The molecule has 0 fully saturated rings. The number of hydrogen-bond acceptors (Lipinski definition) is 1. The van der Waals surface area contributed by atoms with E-state index in [-0.39, 0.29) is 6.42 Å². The van der Waals surface area contributed by atoms with E-state index >= 15 is 0 Å². The van der Waals surface area contributed by atoms with Crippen molar-refractivity contribution >= 4 is 11.6 Å². The normalized spacial score (nSPS) is 15.1. The summed E-state index contributed by atoms with van der Waals surface area (Å²) in [5.74, 6) is 0. The van der Waals surface area contributed by atoms with Crippen LogP contribution >= 0.6 is 11.6 Å². The first-order chi connectivity index (χ1) is 3.98. The largest absolute Gasteiger partial charge is 0.385 e. The van der Waals surface area contributed by atoms with Crippen molar-refractivity contribution in [1.82, 2.24) is 0 Å². The van der Waals surface area contributed by atoms with Gasteiger partial charge in [-0.15, -0.1) is 6.58 Å². The zero-order valence-corrected chi connectivity index (χ0v) is 5.41. The van der Waals surface area contributed by atoms with Crippen LogP contribution in [0.2, 0.25) is 0 Å². The van der Waals surface area contributed by atoms with Gasteiger partial charge in [0, 0.05) is 0 Å². The molecule has 0 aliphatic heterocycles. The summed E-state index contributed by atoms with van der Waals surface area (Å²) in [7, 11) is 0. The van der Waals surface area contributed by atoms with Crippen LogP contribution in [0.3, 0.4) is 0 Å². The van der Waals surface area contributed by atoms with E-state index in [1.54, 1.807) is 0 Å². The minimum absolute atomic E-state index is 0.198. The molecule has 1 N–H and O–H groups in total. The van der Waals surface area contributed by atoms with E-state index in [9.17, 15) is 8.78 Å². The Labute approximate surface area is 56.9 Å². The van der Waals surface area contributed by atoms with Crippen LogP contribution in [0.15, 0.2) is 12.7 Å². The third kappa shape index (κ3) is 3.43. The topological polar surface area (TPSA) is 20.2 Å². The number of rotatable bonds is 3. The van der Waals surface area contributed by atoms with Crippen molar-refractivity contribution in [3.8, 4) is 0 Å². The van der Waals surface area contributed by atoms with Crippen molar-refractivity contribution in [3.63, 3.8) is 0 Å². The molecule has 0 aliphatic carbocycles. The fourth-order valence-electron chi connectivity index (χ4n) is 0.291. The lowest BCUT2D eigenvalue weighted by molar-refractivity contribution is -0.0383. The molecule has 9 heavy (non-hydrogen) atoms. The molecule has 4 heteroatoms. The maximum atomic E-state index is 11.8. The number of aliphatic hydroxyl groups excluding tert-OH is 1. The third-order valence-corrected chi connectivity index (χ3v) is 1.02. The van der Waals surface area contributed by atoms with E-state index in [0.717, 1.165) is 0 Å². The van der Waals surface area contributed by atoms with Crippen molar-refractivity contribution < 1.29 is 13.9 Å². The van der Waals surface area contributed by atoms with Crippen molar-refractivity contribution in [1.29, 1.82) is 0 Å². The quantitative estimate of drug-likeness (QED) is 0.488. The zero-order valence-electron chi connectivity index (χ0n) is 4.65. The molecular weight excluding hydrogens is 150 g/mol. The Morgan fingerprint density at radius 3 is 2.33 bits per heavy atom. The predicted molar refractivity (Wildman–Crippen MR) is 31.6 cm³/mol.